The zero-order valence-corrected chi connectivity index (χ0v) is 11.3. The number of carbonyl (C=O) groups excluding carboxylic acids is 1. The van der Waals surface area contributed by atoms with Gasteiger partial charge in [-0.15, -0.1) is 0 Å². The first kappa shape index (κ1) is 12.4. The summed E-state index contributed by atoms with van der Waals surface area (Å²) in [6.07, 6.45) is -1.24. The molecule has 19 heavy (non-hydrogen) atoms. The molecule has 1 N–H and O–H groups in total. The molecule has 0 saturated carbocycles. The van der Waals surface area contributed by atoms with E-state index in [1.807, 2.05) is 38.1 Å². The minimum Gasteiger partial charge on any atom is -0.386 e. The number of β-lactam (4-membered cyclic amide) rings is 1. The second kappa shape index (κ2) is 4.18. The van der Waals surface area contributed by atoms with Crippen LogP contribution in [0.15, 0.2) is 29.8 Å². The molecule has 0 radical (unpaired) electrons. The normalized spacial score (nSPS) is 29.6. The highest BCUT2D eigenvalue weighted by Crippen LogP contribution is 2.42. The first-order chi connectivity index (χ1) is 9.07. The first-order valence-corrected chi connectivity index (χ1v) is 6.38. The maximum Gasteiger partial charge on any atom is 0.258 e. The fraction of sp³-hybridized carbons (Fsp3) is 0.400. The Morgan fingerprint density at radius 3 is 2.63 bits per heavy atom. The lowest BCUT2D eigenvalue weighted by Gasteiger charge is -2.47. The van der Waals surface area contributed by atoms with E-state index in [1.54, 1.807) is 4.90 Å². The molecule has 1 aromatic carbocycles. The van der Waals surface area contributed by atoms with Crippen molar-refractivity contribution in [3.8, 4) is 0 Å². The highest BCUT2D eigenvalue weighted by Gasteiger charge is 2.54. The lowest BCUT2D eigenvalue weighted by atomic mass is 9.89. The third-order valence-electron chi connectivity index (χ3n) is 4.27. The van der Waals surface area contributed by atoms with E-state index >= 15 is 0 Å². The van der Waals surface area contributed by atoms with Gasteiger partial charge in [-0.3, -0.25) is 4.79 Å². The zero-order valence-electron chi connectivity index (χ0n) is 11.3. The van der Waals surface area contributed by atoms with Crippen molar-refractivity contribution >= 4 is 17.2 Å². The second-order valence-electron chi connectivity index (χ2n) is 5.13. The Morgan fingerprint density at radius 1 is 1.26 bits per heavy atom. The van der Waals surface area contributed by atoms with Gasteiger partial charge in [-0.05, 0) is 31.1 Å². The van der Waals surface area contributed by atoms with Crippen molar-refractivity contribution in [3.05, 3.63) is 35.4 Å². The van der Waals surface area contributed by atoms with Gasteiger partial charge in [0.15, 0.2) is 6.10 Å². The quantitative estimate of drug-likeness (QED) is 0.779. The summed E-state index contributed by atoms with van der Waals surface area (Å²) < 4.78 is 5.22. The Hall–Kier alpha value is -1.65. The van der Waals surface area contributed by atoms with Crippen molar-refractivity contribution in [2.24, 2.45) is 0 Å². The van der Waals surface area contributed by atoms with Gasteiger partial charge >= 0.3 is 0 Å². The Kier molecular flexibility index (Phi) is 2.73. The molecule has 4 heteroatoms. The van der Waals surface area contributed by atoms with Gasteiger partial charge in [0, 0.05) is 12.7 Å². The molecule has 0 spiro atoms. The number of aliphatic hydroxyl groups excluding tert-OH is 1. The molecule has 0 aromatic heterocycles. The fourth-order valence-corrected chi connectivity index (χ4v) is 3.00. The molecule has 1 fully saturated rings. The Bertz CT molecular complexity index is 579. The highest BCUT2D eigenvalue weighted by molar-refractivity contribution is 6.07. The van der Waals surface area contributed by atoms with Crippen molar-refractivity contribution in [1.29, 1.82) is 0 Å². The van der Waals surface area contributed by atoms with Crippen LogP contribution in [0, 0.1) is 0 Å². The van der Waals surface area contributed by atoms with Gasteiger partial charge in [-0.25, -0.2) is 0 Å². The number of hydrogen-bond acceptors (Lipinski definition) is 3. The average Bonchev–Trinajstić information content (AvgIpc) is 2.49. The van der Waals surface area contributed by atoms with Crippen LogP contribution in [0.5, 0.6) is 0 Å². The molecule has 100 valence electrons. The Balaban J connectivity index is 2.19. The largest absolute Gasteiger partial charge is 0.386 e. The lowest BCUT2D eigenvalue weighted by Crippen LogP contribution is -2.70. The number of amides is 1. The van der Waals surface area contributed by atoms with Crippen LogP contribution in [0.3, 0.4) is 0 Å². The number of rotatable bonds is 1. The summed E-state index contributed by atoms with van der Waals surface area (Å²) in [5.74, 6) is -0.0819. The van der Waals surface area contributed by atoms with Crippen molar-refractivity contribution in [3.63, 3.8) is 0 Å². The van der Waals surface area contributed by atoms with Gasteiger partial charge < -0.3 is 14.7 Å². The topological polar surface area (TPSA) is 49.8 Å². The third-order valence-corrected chi connectivity index (χ3v) is 4.27. The van der Waals surface area contributed by atoms with E-state index in [4.69, 9.17) is 4.74 Å². The van der Waals surface area contributed by atoms with Crippen LogP contribution in [-0.4, -0.2) is 36.4 Å². The van der Waals surface area contributed by atoms with Crippen molar-refractivity contribution in [2.45, 2.75) is 32.1 Å². The zero-order chi connectivity index (χ0) is 13.7. The van der Waals surface area contributed by atoms with Crippen LogP contribution >= 0.6 is 0 Å². The molecule has 0 bridgehead atoms. The number of anilines is 1. The molecular weight excluding hydrogens is 242 g/mol. The van der Waals surface area contributed by atoms with Gasteiger partial charge in [0.1, 0.15) is 6.04 Å². The van der Waals surface area contributed by atoms with Gasteiger partial charge in [0.05, 0.1) is 11.8 Å². The van der Waals surface area contributed by atoms with Crippen LogP contribution in [-0.2, 0) is 9.53 Å². The first-order valence-electron chi connectivity index (χ1n) is 6.38. The predicted octanol–water partition coefficient (Wildman–Crippen LogP) is 1.58. The van der Waals surface area contributed by atoms with Gasteiger partial charge in [0.25, 0.3) is 5.91 Å². The number of benzene rings is 1. The van der Waals surface area contributed by atoms with Gasteiger partial charge in [-0.2, -0.15) is 0 Å². The highest BCUT2D eigenvalue weighted by atomic mass is 16.5. The minimum absolute atomic E-state index is 0.0819. The van der Waals surface area contributed by atoms with Crippen molar-refractivity contribution in [2.75, 3.05) is 12.0 Å². The van der Waals surface area contributed by atoms with Crippen molar-refractivity contribution in [1.82, 2.24) is 0 Å². The predicted molar refractivity (Wildman–Crippen MR) is 72.8 cm³/mol. The van der Waals surface area contributed by atoms with E-state index in [2.05, 4.69) is 0 Å². The molecule has 1 saturated heterocycles. The van der Waals surface area contributed by atoms with Crippen LogP contribution < -0.4 is 4.90 Å². The molecule has 2 heterocycles. The fourth-order valence-electron chi connectivity index (χ4n) is 3.00. The van der Waals surface area contributed by atoms with E-state index in [-0.39, 0.29) is 11.9 Å². The molecule has 2 aliphatic rings. The van der Waals surface area contributed by atoms with E-state index in [1.165, 1.54) is 7.11 Å². The summed E-state index contributed by atoms with van der Waals surface area (Å²) in [6, 6.07) is 7.43. The van der Waals surface area contributed by atoms with E-state index in [0.717, 1.165) is 22.4 Å². The molecule has 2 aliphatic heterocycles. The summed E-state index contributed by atoms with van der Waals surface area (Å²) in [5, 5.41) is 10.5. The molecule has 0 aliphatic carbocycles. The number of nitrogens with zero attached hydrogens (tertiary/aromatic N) is 1. The Morgan fingerprint density at radius 2 is 1.95 bits per heavy atom. The molecule has 1 aromatic rings. The van der Waals surface area contributed by atoms with Crippen LogP contribution in [0.1, 0.15) is 19.4 Å². The smallest absolute Gasteiger partial charge is 0.258 e. The Labute approximate surface area is 112 Å². The second-order valence-corrected chi connectivity index (χ2v) is 5.13. The maximum atomic E-state index is 12.2. The number of fused-ring (bicyclic) bond motifs is 3. The number of aliphatic hydroxyl groups is 1. The number of allylic oxidation sites excluding steroid dienone is 1. The number of methoxy groups -OCH3 is 1. The monoisotopic (exact) mass is 259 g/mol. The average molecular weight is 259 g/mol. The van der Waals surface area contributed by atoms with Gasteiger partial charge in [0.2, 0.25) is 0 Å². The standard InChI is InChI=1S/C15H17NO3/c1-8-9(2)13(17)12-14(19-3)15(18)16(12)11-7-5-4-6-10(8)11/h4-7,12-14,17H,1-3H3/t12-,13-,14+/m0/s1. The van der Waals surface area contributed by atoms with E-state index in [0.29, 0.717) is 0 Å². The molecule has 3 rings (SSSR count). The van der Waals surface area contributed by atoms with Gasteiger partial charge in [-0.1, -0.05) is 18.2 Å². The van der Waals surface area contributed by atoms with E-state index in [9.17, 15) is 9.90 Å². The molecule has 1 amide bonds. The minimum atomic E-state index is -0.685. The lowest BCUT2D eigenvalue weighted by molar-refractivity contribution is -0.142. The molecule has 4 nitrogen and oxygen atoms in total. The number of carbonyl (C=O) groups is 1. The molecular formula is C15H17NO3. The van der Waals surface area contributed by atoms with Crippen LogP contribution in [0.4, 0.5) is 5.69 Å². The summed E-state index contributed by atoms with van der Waals surface area (Å²) in [7, 11) is 1.51. The third kappa shape index (κ3) is 1.50. The number of hydrogen-bond donors (Lipinski definition) is 1. The molecule has 0 unspecified atom stereocenters. The van der Waals surface area contributed by atoms with Crippen LogP contribution in [0.2, 0.25) is 0 Å². The van der Waals surface area contributed by atoms with Crippen LogP contribution in [0.25, 0.3) is 5.57 Å². The summed E-state index contributed by atoms with van der Waals surface area (Å²) in [6.45, 7) is 3.89. The molecule has 3 atom stereocenters. The van der Waals surface area contributed by atoms with E-state index < -0.39 is 12.2 Å². The van der Waals surface area contributed by atoms with Crippen molar-refractivity contribution < 1.29 is 14.6 Å². The summed E-state index contributed by atoms with van der Waals surface area (Å²) in [4.78, 5) is 13.8. The summed E-state index contributed by atoms with van der Waals surface area (Å²) >= 11 is 0. The maximum absolute atomic E-state index is 12.2. The summed E-state index contributed by atoms with van der Waals surface area (Å²) in [5.41, 5.74) is 3.79. The number of ether oxygens (including phenoxy) is 1. The number of para-hydroxylation sites is 1. The SMILES string of the molecule is CO[C@H]1C(=O)N2c3ccccc3C(C)=C(C)[C@H](O)[C@@H]12.